The highest BCUT2D eigenvalue weighted by Gasteiger charge is 2.42. The largest absolute Gasteiger partial charge is 0.364 e. The Morgan fingerprint density at radius 3 is 2.50 bits per heavy atom. The minimum Gasteiger partial charge on any atom is -0.364 e. The molecule has 1 saturated carbocycles. The number of nitrogens with zero attached hydrogens (tertiary/aromatic N) is 2. The zero-order chi connectivity index (χ0) is 17.9. The van der Waals surface area contributed by atoms with Gasteiger partial charge in [-0.15, -0.1) is 0 Å². The van der Waals surface area contributed by atoms with Crippen molar-refractivity contribution in [2.45, 2.75) is 25.3 Å². The van der Waals surface area contributed by atoms with E-state index in [4.69, 9.17) is 17.3 Å². The molecule has 1 aliphatic heterocycles. The van der Waals surface area contributed by atoms with Gasteiger partial charge in [0.1, 0.15) is 0 Å². The molecule has 0 spiro atoms. The number of thiocarbonyl (C=S) groups is 1. The average molecular weight is 362 g/mol. The van der Waals surface area contributed by atoms with Crippen LogP contribution in [0.1, 0.15) is 36.4 Å². The first-order valence-electron chi connectivity index (χ1n) is 9.18. The first kappa shape index (κ1) is 17.0. The van der Waals surface area contributed by atoms with Gasteiger partial charge in [0.15, 0.2) is 5.11 Å². The van der Waals surface area contributed by atoms with Crippen molar-refractivity contribution < 1.29 is 0 Å². The molecule has 1 N–H and O–H groups in total. The first-order chi connectivity index (χ1) is 12.8. The smallest absolute Gasteiger partial charge is 0.189 e. The lowest BCUT2D eigenvalue weighted by atomic mass is 9.77. The van der Waals surface area contributed by atoms with E-state index in [-0.39, 0.29) is 6.04 Å². The van der Waals surface area contributed by atoms with Crippen molar-refractivity contribution in [3.63, 3.8) is 0 Å². The van der Waals surface area contributed by atoms with Gasteiger partial charge in [0.25, 0.3) is 0 Å². The Kier molecular flexibility index (Phi) is 4.85. The third-order valence-electron chi connectivity index (χ3n) is 5.21. The number of hydrogen-bond donors (Lipinski definition) is 1. The van der Waals surface area contributed by atoms with Crippen LogP contribution in [0.5, 0.6) is 0 Å². The van der Waals surface area contributed by atoms with Crippen molar-refractivity contribution in [1.82, 2.24) is 10.3 Å². The zero-order valence-corrected chi connectivity index (χ0v) is 15.7. The normalized spacial score (nSPS) is 23.5. The molecule has 132 valence electrons. The highest BCUT2D eigenvalue weighted by molar-refractivity contribution is 7.80. The van der Waals surface area contributed by atoms with Gasteiger partial charge in [-0.2, -0.15) is 5.10 Å². The Balaban J connectivity index is 1.74. The standard InChI is InChI=1S/C22H23N3S/c1-23-22(26)25-21(17-11-6-3-7-12-17)19-14-8-13-18(20(19)24-25)15-16-9-4-2-5-10-16/h2-7,9-12,15,19,21H,8,13-14H2,1H3,(H,23,26)/b18-15+/t19-,21-/m1/s1. The fraction of sp³-hybridized carbons (Fsp3) is 0.273. The maximum absolute atomic E-state index is 5.57. The van der Waals surface area contributed by atoms with Gasteiger partial charge in [-0.1, -0.05) is 60.7 Å². The van der Waals surface area contributed by atoms with Crippen LogP contribution in [-0.4, -0.2) is 22.9 Å². The van der Waals surface area contributed by atoms with Crippen LogP contribution < -0.4 is 5.32 Å². The van der Waals surface area contributed by atoms with Crippen molar-refractivity contribution in [3.05, 3.63) is 77.4 Å². The molecule has 0 unspecified atom stereocenters. The van der Waals surface area contributed by atoms with Crippen LogP contribution in [-0.2, 0) is 0 Å². The van der Waals surface area contributed by atoms with Gasteiger partial charge < -0.3 is 5.32 Å². The molecule has 0 bridgehead atoms. The highest BCUT2D eigenvalue weighted by Crippen LogP contribution is 2.44. The number of hydrazone groups is 1. The molecule has 4 heteroatoms. The van der Waals surface area contributed by atoms with E-state index in [2.05, 4.69) is 72.1 Å². The Hall–Kier alpha value is -2.46. The van der Waals surface area contributed by atoms with E-state index in [0.717, 1.165) is 12.8 Å². The van der Waals surface area contributed by atoms with Crippen molar-refractivity contribution in [3.8, 4) is 0 Å². The van der Waals surface area contributed by atoms with Crippen LogP contribution in [0, 0.1) is 5.92 Å². The highest BCUT2D eigenvalue weighted by atomic mass is 32.1. The number of fused-ring (bicyclic) bond motifs is 1. The molecule has 2 atom stereocenters. The van der Waals surface area contributed by atoms with E-state index < -0.39 is 0 Å². The van der Waals surface area contributed by atoms with Crippen LogP contribution in [0.15, 0.2) is 71.3 Å². The maximum Gasteiger partial charge on any atom is 0.189 e. The summed E-state index contributed by atoms with van der Waals surface area (Å²) in [5.74, 6) is 0.382. The molecule has 26 heavy (non-hydrogen) atoms. The molecule has 2 aromatic rings. The van der Waals surface area contributed by atoms with Crippen LogP contribution in [0.2, 0.25) is 0 Å². The van der Waals surface area contributed by atoms with Gasteiger partial charge in [0.05, 0.1) is 11.8 Å². The Bertz CT molecular complexity index is 842. The summed E-state index contributed by atoms with van der Waals surface area (Å²) in [6.45, 7) is 0. The maximum atomic E-state index is 5.57. The van der Waals surface area contributed by atoms with Gasteiger partial charge in [-0.25, -0.2) is 5.01 Å². The lowest BCUT2D eigenvalue weighted by Gasteiger charge is -2.30. The van der Waals surface area contributed by atoms with E-state index >= 15 is 0 Å². The second-order valence-electron chi connectivity index (χ2n) is 6.82. The molecule has 0 radical (unpaired) electrons. The van der Waals surface area contributed by atoms with Crippen molar-refractivity contribution >= 4 is 29.1 Å². The molecule has 2 aromatic carbocycles. The molecule has 0 saturated heterocycles. The molecule has 2 aliphatic rings. The van der Waals surface area contributed by atoms with E-state index in [0.29, 0.717) is 11.0 Å². The summed E-state index contributed by atoms with van der Waals surface area (Å²) < 4.78 is 0. The predicted molar refractivity (Wildman–Crippen MR) is 112 cm³/mol. The molecule has 4 rings (SSSR count). The van der Waals surface area contributed by atoms with E-state index in [9.17, 15) is 0 Å². The number of allylic oxidation sites excluding steroid dienone is 1. The summed E-state index contributed by atoms with van der Waals surface area (Å²) >= 11 is 5.57. The molecule has 1 fully saturated rings. The van der Waals surface area contributed by atoms with Gasteiger partial charge >= 0.3 is 0 Å². The Morgan fingerprint density at radius 1 is 1.12 bits per heavy atom. The van der Waals surface area contributed by atoms with Crippen LogP contribution >= 0.6 is 12.2 Å². The lowest BCUT2D eigenvalue weighted by Crippen LogP contribution is -2.36. The monoisotopic (exact) mass is 361 g/mol. The van der Waals surface area contributed by atoms with Gasteiger partial charge in [-0.3, -0.25) is 0 Å². The SMILES string of the molecule is CNC(=S)N1N=C2/C(=C/c3ccccc3)CCC[C@H]2[C@H]1c1ccccc1. The third kappa shape index (κ3) is 3.17. The van der Waals surface area contributed by atoms with Gasteiger partial charge in [-0.05, 0) is 54.3 Å². The Labute approximate surface area is 160 Å². The second kappa shape index (κ2) is 7.42. The van der Waals surface area contributed by atoms with Crippen LogP contribution in [0.4, 0.5) is 0 Å². The number of nitrogens with one attached hydrogen (secondary N) is 1. The Morgan fingerprint density at radius 2 is 1.81 bits per heavy atom. The summed E-state index contributed by atoms with van der Waals surface area (Å²) in [5.41, 5.74) is 5.05. The quantitative estimate of drug-likeness (QED) is 0.780. The molecular weight excluding hydrogens is 338 g/mol. The molecule has 1 heterocycles. The second-order valence-corrected chi connectivity index (χ2v) is 7.21. The molecular formula is C22H23N3S. The first-order valence-corrected chi connectivity index (χ1v) is 9.59. The summed E-state index contributed by atoms with van der Waals surface area (Å²) in [7, 11) is 1.87. The minimum atomic E-state index is 0.172. The molecule has 3 nitrogen and oxygen atoms in total. The summed E-state index contributed by atoms with van der Waals surface area (Å²) in [4.78, 5) is 0. The number of rotatable bonds is 2. The zero-order valence-electron chi connectivity index (χ0n) is 14.9. The summed E-state index contributed by atoms with van der Waals surface area (Å²) in [6.07, 6.45) is 5.70. The minimum absolute atomic E-state index is 0.172. The van der Waals surface area contributed by atoms with Gasteiger partial charge in [0.2, 0.25) is 0 Å². The number of benzene rings is 2. The molecule has 0 amide bonds. The predicted octanol–water partition coefficient (Wildman–Crippen LogP) is 4.79. The van der Waals surface area contributed by atoms with E-state index in [1.54, 1.807) is 0 Å². The fourth-order valence-electron chi connectivity index (χ4n) is 4.02. The average Bonchev–Trinajstić information content (AvgIpc) is 3.09. The number of hydrogen-bond acceptors (Lipinski definition) is 2. The topological polar surface area (TPSA) is 27.6 Å². The van der Waals surface area contributed by atoms with Gasteiger partial charge in [0, 0.05) is 13.0 Å². The molecule has 1 aliphatic carbocycles. The van der Waals surface area contributed by atoms with Crippen molar-refractivity contribution in [2.75, 3.05) is 7.05 Å². The van der Waals surface area contributed by atoms with E-state index in [1.165, 1.54) is 28.8 Å². The summed E-state index contributed by atoms with van der Waals surface area (Å²) in [5, 5.41) is 10.8. The third-order valence-corrected chi connectivity index (χ3v) is 5.60. The lowest BCUT2D eigenvalue weighted by molar-refractivity contribution is 0.301. The summed E-state index contributed by atoms with van der Waals surface area (Å²) in [6, 6.07) is 21.3. The van der Waals surface area contributed by atoms with Crippen molar-refractivity contribution in [2.24, 2.45) is 11.0 Å². The van der Waals surface area contributed by atoms with E-state index in [1.807, 2.05) is 12.1 Å². The van der Waals surface area contributed by atoms with Crippen LogP contribution in [0.25, 0.3) is 6.08 Å². The van der Waals surface area contributed by atoms with Crippen LogP contribution in [0.3, 0.4) is 0 Å². The fourth-order valence-corrected chi connectivity index (χ4v) is 4.17. The van der Waals surface area contributed by atoms with Crippen molar-refractivity contribution in [1.29, 1.82) is 0 Å². The molecule has 0 aromatic heterocycles.